The molecule has 4 nitrogen and oxygen atoms in total. The Morgan fingerprint density at radius 3 is 1.45 bits per heavy atom. The number of amides is 1. The molecule has 0 bridgehead atoms. The predicted octanol–water partition coefficient (Wildman–Crippen LogP) is 7.73. The predicted molar refractivity (Wildman–Crippen MR) is 160 cm³/mol. The van der Waals surface area contributed by atoms with Crippen molar-refractivity contribution in [2.75, 3.05) is 14.1 Å². The zero-order chi connectivity index (χ0) is 27.3. The number of hydrogen-bond donors (Lipinski definition) is 2. The molecule has 1 aromatic carbocycles. The van der Waals surface area contributed by atoms with Crippen LogP contribution in [0.5, 0.6) is 0 Å². The smallest absolute Gasteiger partial charge is 0.167 e. The first-order valence-corrected chi connectivity index (χ1v) is 16.8. The summed E-state index contributed by atoms with van der Waals surface area (Å²) in [6, 6.07) is 10.0. The van der Waals surface area contributed by atoms with Gasteiger partial charge in [0.15, 0.2) is 12.2 Å². The minimum absolute atomic E-state index is 0. The van der Waals surface area contributed by atoms with E-state index in [9.17, 15) is 4.79 Å². The first-order chi connectivity index (χ1) is 17.6. The fraction of sp³-hybridized carbons (Fsp3) is 0.781. The Balaban J connectivity index is 0.000000324. The van der Waals surface area contributed by atoms with Gasteiger partial charge in [0.05, 0.1) is 17.0 Å². The molecule has 38 heavy (non-hydrogen) atoms. The Bertz CT molecular complexity index is 692. The number of rotatable bonds is 4. The van der Waals surface area contributed by atoms with Crippen molar-refractivity contribution < 1.29 is 35.4 Å². The summed E-state index contributed by atoms with van der Waals surface area (Å²) in [6.45, 7) is 5.28. The van der Waals surface area contributed by atoms with Crippen molar-refractivity contribution in [3.05, 3.63) is 35.9 Å². The van der Waals surface area contributed by atoms with Crippen LogP contribution in [0.2, 0.25) is 0 Å². The van der Waals surface area contributed by atoms with Crippen molar-refractivity contribution in [3.63, 3.8) is 0 Å². The van der Waals surface area contributed by atoms with Crippen molar-refractivity contribution in [2.45, 2.75) is 140 Å². The minimum Gasteiger partial charge on any atom is -0.384 e. The van der Waals surface area contributed by atoms with Crippen LogP contribution < -0.4 is 0 Å². The standard InChI is InChI=1S/C18H33P.C9H10NO.C5H12O2.Pd/c1-4-10-16(11-5-1)19(17-12-6-2-7-13-17)18-14-8-3-9-15-18;1-10(2)9(11)8-6-4-3-5-7-8;1-5(2,3)4(6)7;/h16-18H,1-15H2;3-6H,1-2H3;4,6-7H,1-3H3;/q;-1;;/p+1. The average Bonchev–Trinajstić information content (AvgIpc) is 2.91. The van der Waals surface area contributed by atoms with Crippen LogP contribution in [0.25, 0.3) is 0 Å². The maximum atomic E-state index is 11.2. The molecule has 0 saturated heterocycles. The first kappa shape index (κ1) is 35.7. The molecule has 0 spiro atoms. The van der Waals surface area contributed by atoms with E-state index in [1.807, 2.05) is 12.1 Å². The topological polar surface area (TPSA) is 60.8 Å². The second-order valence-corrected chi connectivity index (χ2v) is 16.2. The Labute approximate surface area is 249 Å². The minimum atomic E-state index is -1.20. The van der Waals surface area contributed by atoms with Gasteiger partial charge < -0.3 is 19.9 Å². The maximum Gasteiger partial charge on any atom is 0.167 e. The Kier molecular flexibility index (Phi) is 17.8. The molecule has 4 rings (SSSR count). The van der Waals surface area contributed by atoms with Crippen LogP contribution in [0.1, 0.15) is 127 Å². The molecule has 0 aromatic heterocycles. The molecule has 222 valence electrons. The van der Waals surface area contributed by atoms with Gasteiger partial charge in [0.2, 0.25) is 0 Å². The van der Waals surface area contributed by atoms with Crippen molar-refractivity contribution >= 4 is 13.8 Å². The van der Waals surface area contributed by atoms with E-state index in [1.54, 1.807) is 143 Å². The second-order valence-electron chi connectivity index (χ2n) is 12.7. The molecule has 0 heterocycles. The maximum absolute atomic E-state index is 11.2. The summed E-state index contributed by atoms with van der Waals surface area (Å²) in [5.41, 5.74) is 3.90. The van der Waals surface area contributed by atoms with Crippen molar-refractivity contribution in [2.24, 2.45) is 5.41 Å². The molecule has 0 radical (unpaired) electrons. The molecule has 3 saturated carbocycles. The van der Waals surface area contributed by atoms with Gasteiger partial charge >= 0.3 is 0 Å². The number of aliphatic hydroxyl groups excluding tert-OH is 1. The average molecular weight is 640 g/mol. The number of carbonyl (C=O) groups is 1. The SMILES string of the molecule is C1CCC([PH+](C2CCCCC2)C2CCCCC2)CC1.CC(C)(C)C(O)O.CN(C)C(=O)c1[c-]cccc1.[Pd]. The van der Waals surface area contributed by atoms with Gasteiger partial charge in [0.25, 0.3) is 0 Å². The zero-order valence-electron chi connectivity index (χ0n) is 24.8. The molecule has 0 aliphatic heterocycles. The molecule has 1 amide bonds. The van der Waals surface area contributed by atoms with Gasteiger partial charge in [-0.05, 0) is 91.1 Å². The van der Waals surface area contributed by atoms with Crippen LogP contribution in [0.15, 0.2) is 24.3 Å². The van der Waals surface area contributed by atoms with Crippen molar-refractivity contribution in [3.8, 4) is 0 Å². The summed E-state index contributed by atoms with van der Waals surface area (Å²) >= 11 is 0. The summed E-state index contributed by atoms with van der Waals surface area (Å²) in [4.78, 5) is 12.8. The summed E-state index contributed by atoms with van der Waals surface area (Å²) in [5.74, 6) is -0.00870. The van der Waals surface area contributed by atoms with Gasteiger partial charge in [-0.25, -0.2) is 0 Å². The molecule has 0 atom stereocenters. The molecule has 1 aromatic rings. The van der Waals surface area contributed by atoms with Gasteiger partial charge in [0.1, 0.15) is 0 Å². The summed E-state index contributed by atoms with van der Waals surface area (Å²) < 4.78 is 0. The number of benzene rings is 1. The summed E-state index contributed by atoms with van der Waals surface area (Å²) in [5, 5.41) is 16.9. The van der Waals surface area contributed by atoms with E-state index >= 15 is 0 Å². The Morgan fingerprint density at radius 1 is 0.816 bits per heavy atom. The van der Waals surface area contributed by atoms with Crippen LogP contribution in [0.4, 0.5) is 0 Å². The number of hydrogen-bond acceptors (Lipinski definition) is 3. The van der Waals surface area contributed by atoms with Gasteiger partial charge in [-0.1, -0.05) is 45.6 Å². The van der Waals surface area contributed by atoms with Crippen LogP contribution >= 0.6 is 7.92 Å². The second kappa shape index (κ2) is 18.9. The molecule has 3 aliphatic carbocycles. The normalized spacial score (nSPS) is 19.5. The Hall–Kier alpha value is -0.298. The van der Waals surface area contributed by atoms with Gasteiger partial charge in [0, 0.05) is 33.8 Å². The molecule has 6 heteroatoms. The molecule has 3 aliphatic rings. The van der Waals surface area contributed by atoms with E-state index < -0.39 is 6.29 Å². The largest absolute Gasteiger partial charge is 0.384 e. The Morgan fingerprint density at radius 2 is 1.18 bits per heavy atom. The summed E-state index contributed by atoms with van der Waals surface area (Å²) in [6.07, 6.45) is 22.6. The third-order valence-corrected chi connectivity index (χ3v) is 12.9. The molecular formula is C32H56NO3PPd. The zero-order valence-corrected chi connectivity index (χ0v) is 27.3. The monoisotopic (exact) mass is 639 g/mol. The number of carbonyl (C=O) groups excluding carboxylic acids is 1. The van der Waals surface area contributed by atoms with Crippen molar-refractivity contribution in [1.29, 1.82) is 0 Å². The summed E-state index contributed by atoms with van der Waals surface area (Å²) in [7, 11) is 3.40. The van der Waals surface area contributed by atoms with Gasteiger partial charge in [-0.15, -0.1) is 30.3 Å². The fourth-order valence-electron chi connectivity index (χ4n) is 6.08. The van der Waals surface area contributed by atoms with Gasteiger partial charge in [-0.2, -0.15) is 0 Å². The van der Waals surface area contributed by atoms with E-state index in [0.717, 1.165) is 0 Å². The van der Waals surface area contributed by atoms with Crippen molar-refractivity contribution in [1.82, 2.24) is 4.90 Å². The quantitative estimate of drug-likeness (QED) is 0.153. The number of nitrogens with zero attached hydrogens (tertiary/aromatic N) is 1. The molecule has 0 unspecified atom stereocenters. The van der Waals surface area contributed by atoms with E-state index in [2.05, 4.69) is 6.07 Å². The third-order valence-electron chi connectivity index (χ3n) is 8.35. The van der Waals surface area contributed by atoms with Gasteiger partial charge in [-0.3, -0.25) is 0 Å². The third kappa shape index (κ3) is 12.9. The van der Waals surface area contributed by atoms with Crippen LogP contribution in [-0.4, -0.2) is 58.4 Å². The van der Waals surface area contributed by atoms with Crippen LogP contribution in [0.3, 0.4) is 0 Å². The van der Waals surface area contributed by atoms with E-state index in [4.69, 9.17) is 10.2 Å². The van der Waals surface area contributed by atoms with Crippen LogP contribution in [0, 0.1) is 11.5 Å². The molecule has 2 N–H and O–H groups in total. The molecule has 3 fully saturated rings. The number of aliphatic hydroxyl groups is 2. The fourth-order valence-corrected chi connectivity index (χ4v) is 11.3. The van der Waals surface area contributed by atoms with E-state index in [0.29, 0.717) is 5.56 Å². The van der Waals surface area contributed by atoms with E-state index in [-0.39, 0.29) is 39.7 Å². The molecular weight excluding hydrogens is 584 g/mol. The van der Waals surface area contributed by atoms with Crippen LogP contribution in [-0.2, 0) is 20.4 Å². The van der Waals surface area contributed by atoms with E-state index in [1.165, 1.54) is 21.9 Å². The first-order valence-electron chi connectivity index (χ1n) is 15.0.